The fraction of sp³-hybridized carbons (Fsp3) is 0.280. The van der Waals surface area contributed by atoms with E-state index in [9.17, 15) is 14.7 Å². The molecule has 2 N–H and O–H groups in total. The van der Waals surface area contributed by atoms with Gasteiger partial charge in [0.25, 0.3) is 11.5 Å². The lowest BCUT2D eigenvalue weighted by atomic mass is 10.1. The number of carbonyl (C=O) groups is 1. The van der Waals surface area contributed by atoms with Gasteiger partial charge in [-0.05, 0) is 30.2 Å². The van der Waals surface area contributed by atoms with Crippen LogP contribution < -0.4 is 10.9 Å². The van der Waals surface area contributed by atoms with Crippen LogP contribution in [0.1, 0.15) is 43.4 Å². The second-order valence-electron chi connectivity index (χ2n) is 7.96. The molecular formula is C25H26N4O3S2. The van der Waals surface area contributed by atoms with Gasteiger partial charge in [-0.15, -0.1) is 0 Å². The quantitative estimate of drug-likeness (QED) is 0.261. The van der Waals surface area contributed by atoms with Crippen LogP contribution in [0.2, 0.25) is 0 Å². The van der Waals surface area contributed by atoms with Crippen molar-refractivity contribution in [1.82, 2.24) is 14.3 Å². The molecule has 1 atom stereocenters. The van der Waals surface area contributed by atoms with Crippen molar-refractivity contribution in [3.8, 4) is 0 Å². The molecule has 0 aliphatic carbocycles. The van der Waals surface area contributed by atoms with Crippen molar-refractivity contribution in [3.63, 3.8) is 0 Å². The number of aliphatic hydroxyl groups is 1. The van der Waals surface area contributed by atoms with Crippen LogP contribution in [0.15, 0.2) is 64.4 Å². The van der Waals surface area contributed by atoms with Crippen LogP contribution in [0.4, 0.5) is 5.82 Å². The van der Waals surface area contributed by atoms with Crippen LogP contribution in [-0.4, -0.2) is 42.7 Å². The summed E-state index contributed by atoms with van der Waals surface area (Å²) in [6.45, 7) is 2.82. The number of pyridine rings is 1. The van der Waals surface area contributed by atoms with E-state index < -0.39 is 6.10 Å². The van der Waals surface area contributed by atoms with E-state index in [-0.39, 0.29) is 23.6 Å². The Morgan fingerprint density at radius 2 is 1.91 bits per heavy atom. The number of benzene rings is 1. The zero-order valence-electron chi connectivity index (χ0n) is 18.8. The normalized spacial score (nSPS) is 15.9. The maximum atomic E-state index is 13.3. The maximum absolute atomic E-state index is 13.3. The first-order valence-electron chi connectivity index (χ1n) is 11.2. The Bertz CT molecular complexity index is 1290. The second kappa shape index (κ2) is 10.9. The minimum atomic E-state index is -0.790. The average Bonchev–Trinajstić information content (AvgIpc) is 3.12. The van der Waals surface area contributed by atoms with Gasteiger partial charge in [-0.1, -0.05) is 80.1 Å². The Hall–Kier alpha value is -3.01. The van der Waals surface area contributed by atoms with Crippen molar-refractivity contribution >= 4 is 51.7 Å². The fourth-order valence-corrected chi connectivity index (χ4v) is 4.99. The van der Waals surface area contributed by atoms with E-state index in [4.69, 9.17) is 12.2 Å². The van der Waals surface area contributed by atoms with Crippen molar-refractivity contribution in [3.05, 3.63) is 81.1 Å². The summed E-state index contributed by atoms with van der Waals surface area (Å²) in [5, 5.41) is 13.7. The first-order chi connectivity index (χ1) is 16.5. The summed E-state index contributed by atoms with van der Waals surface area (Å²) in [6, 6.07) is 14.5. The summed E-state index contributed by atoms with van der Waals surface area (Å²) in [5.41, 5.74) is 1.16. The minimum absolute atomic E-state index is 0.151. The molecule has 1 aliphatic heterocycles. The monoisotopic (exact) mass is 494 g/mol. The smallest absolute Gasteiger partial charge is 0.267 e. The van der Waals surface area contributed by atoms with Gasteiger partial charge in [0, 0.05) is 19.3 Å². The molecule has 176 valence electrons. The number of hydrogen-bond acceptors (Lipinski definition) is 7. The molecule has 7 nitrogen and oxygen atoms in total. The molecule has 1 aromatic carbocycles. The number of nitrogens with zero attached hydrogens (tertiary/aromatic N) is 3. The Balaban J connectivity index is 1.67. The molecule has 1 saturated heterocycles. The zero-order chi connectivity index (χ0) is 24.1. The molecule has 1 fully saturated rings. The number of nitrogens with one attached hydrogen (secondary N) is 1. The van der Waals surface area contributed by atoms with Crippen molar-refractivity contribution in [2.75, 3.05) is 18.4 Å². The molecule has 4 rings (SSSR count). The highest BCUT2D eigenvalue weighted by Gasteiger charge is 2.32. The SMILES string of the molecule is CCCCCN1C(=O)/C(=C/c2c(NCC(O)c3ccccc3)nc3ccccn3c2=O)SC1=S. The van der Waals surface area contributed by atoms with Gasteiger partial charge in [0.2, 0.25) is 0 Å². The highest BCUT2D eigenvalue weighted by Crippen LogP contribution is 2.33. The van der Waals surface area contributed by atoms with Gasteiger partial charge in [-0.25, -0.2) is 4.98 Å². The summed E-state index contributed by atoms with van der Waals surface area (Å²) in [7, 11) is 0. The Kier molecular flexibility index (Phi) is 7.77. The van der Waals surface area contributed by atoms with Crippen LogP contribution in [0.5, 0.6) is 0 Å². The standard InChI is InChI=1S/C25H26N4O3S2/c1-2-3-8-14-29-24(32)20(34-25(29)33)15-18-22(26-16-19(30)17-10-5-4-6-11-17)27-21-12-7-9-13-28(21)23(18)31/h4-7,9-13,15,19,26,30H,2-3,8,14,16H2,1H3/b20-15-. The molecule has 3 aromatic rings. The average molecular weight is 495 g/mol. The third-order valence-electron chi connectivity index (χ3n) is 5.55. The Morgan fingerprint density at radius 1 is 1.15 bits per heavy atom. The van der Waals surface area contributed by atoms with Gasteiger partial charge < -0.3 is 10.4 Å². The number of unbranched alkanes of at least 4 members (excludes halogenated alkanes) is 2. The summed E-state index contributed by atoms with van der Waals surface area (Å²) >= 11 is 6.62. The summed E-state index contributed by atoms with van der Waals surface area (Å²) < 4.78 is 1.93. The number of anilines is 1. The molecule has 34 heavy (non-hydrogen) atoms. The Labute approximate surface area is 207 Å². The summed E-state index contributed by atoms with van der Waals surface area (Å²) in [6.07, 6.45) is 5.35. The van der Waals surface area contributed by atoms with Crippen LogP contribution in [0, 0.1) is 0 Å². The Morgan fingerprint density at radius 3 is 2.68 bits per heavy atom. The van der Waals surface area contributed by atoms with E-state index in [1.807, 2.05) is 30.3 Å². The third kappa shape index (κ3) is 5.22. The second-order valence-corrected chi connectivity index (χ2v) is 9.63. The number of hydrogen-bond donors (Lipinski definition) is 2. The number of rotatable bonds is 9. The van der Waals surface area contributed by atoms with E-state index in [0.29, 0.717) is 27.2 Å². The van der Waals surface area contributed by atoms with Gasteiger partial charge in [-0.3, -0.25) is 18.9 Å². The molecule has 9 heteroatoms. The number of aliphatic hydroxyl groups excluding tert-OH is 1. The van der Waals surface area contributed by atoms with Crippen LogP contribution in [0.25, 0.3) is 11.7 Å². The summed E-state index contributed by atoms with van der Waals surface area (Å²) in [4.78, 5) is 32.9. The molecule has 1 aliphatic rings. The predicted molar refractivity (Wildman–Crippen MR) is 141 cm³/mol. The lowest BCUT2D eigenvalue weighted by Gasteiger charge is -2.15. The first-order valence-corrected chi connectivity index (χ1v) is 12.5. The van der Waals surface area contributed by atoms with Gasteiger partial charge >= 0.3 is 0 Å². The van der Waals surface area contributed by atoms with Crippen molar-refractivity contribution in [2.24, 2.45) is 0 Å². The van der Waals surface area contributed by atoms with Gasteiger partial charge in [-0.2, -0.15) is 0 Å². The van der Waals surface area contributed by atoms with E-state index in [0.717, 1.165) is 24.8 Å². The lowest BCUT2D eigenvalue weighted by molar-refractivity contribution is -0.122. The molecule has 1 unspecified atom stereocenters. The molecule has 0 radical (unpaired) electrons. The van der Waals surface area contributed by atoms with E-state index in [2.05, 4.69) is 17.2 Å². The van der Waals surface area contributed by atoms with E-state index >= 15 is 0 Å². The molecule has 3 heterocycles. The van der Waals surface area contributed by atoms with Crippen LogP contribution in [-0.2, 0) is 4.79 Å². The van der Waals surface area contributed by atoms with Crippen molar-refractivity contribution in [2.45, 2.75) is 32.3 Å². The number of carbonyl (C=O) groups excluding carboxylic acids is 1. The number of thiocarbonyl (C=S) groups is 1. The zero-order valence-corrected chi connectivity index (χ0v) is 20.4. The van der Waals surface area contributed by atoms with Gasteiger partial charge in [0.15, 0.2) is 0 Å². The first kappa shape index (κ1) is 24.1. The van der Waals surface area contributed by atoms with Gasteiger partial charge in [0.1, 0.15) is 15.8 Å². The molecule has 0 bridgehead atoms. The number of fused-ring (bicyclic) bond motifs is 1. The van der Waals surface area contributed by atoms with E-state index in [1.165, 1.54) is 16.2 Å². The molecule has 1 amide bonds. The molecule has 0 spiro atoms. The highest BCUT2D eigenvalue weighted by atomic mass is 32.2. The number of thioether (sulfide) groups is 1. The molecule has 2 aromatic heterocycles. The van der Waals surface area contributed by atoms with E-state index in [1.54, 1.807) is 35.4 Å². The van der Waals surface area contributed by atoms with Crippen molar-refractivity contribution < 1.29 is 9.90 Å². The van der Waals surface area contributed by atoms with Crippen LogP contribution >= 0.6 is 24.0 Å². The highest BCUT2D eigenvalue weighted by molar-refractivity contribution is 8.26. The largest absolute Gasteiger partial charge is 0.387 e. The predicted octanol–water partition coefficient (Wildman–Crippen LogP) is 4.23. The molecule has 0 saturated carbocycles. The number of amides is 1. The topological polar surface area (TPSA) is 86.9 Å². The lowest BCUT2D eigenvalue weighted by Crippen LogP contribution is -2.29. The molecular weight excluding hydrogens is 468 g/mol. The third-order valence-corrected chi connectivity index (χ3v) is 6.93. The van der Waals surface area contributed by atoms with Crippen molar-refractivity contribution in [1.29, 1.82) is 0 Å². The summed E-state index contributed by atoms with van der Waals surface area (Å²) in [5.74, 6) is 0.112. The minimum Gasteiger partial charge on any atom is -0.387 e. The maximum Gasteiger partial charge on any atom is 0.267 e. The number of aromatic nitrogens is 2. The fourth-order valence-electron chi connectivity index (χ4n) is 3.70. The van der Waals surface area contributed by atoms with Crippen LogP contribution in [0.3, 0.4) is 0 Å². The van der Waals surface area contributed by atoms with Gasteiger partial charge in [0.05, 0.1) is 16.6 Å².